The molecule has 0 spiro atoms. The van der Waals surface area contributed by atoms with Gasteiger partial charge in [-0.15, -0.1) is 0 Å². The largest absolute Gasteiger partial charge is 1.00 e. The first-order chi connectivity index (χ1) is 11.0. The number of carboxylic acids is 1. The van der Waals surface area contributed by atoms with Crippen molar-refractivity contribution in [2.24, 2.45) is 5.73 Å². The quantitative estimate of drug-likeness (QED) is 0.153. The van der Waals surface area contributed by atoms with E-state index in [-0.39, 0.29) is 56.2 Å². The number of carbonyl (C=O) groups excluding carboxylic acids is 2. The van der Waals surface area contributed by atoms with Gasteiger partial charge < -0.3 is 23.0 Å². The Morgan fingerprint density at radius 2 is 1.40 bits per heavy atom. The van der Waals surface area contributed by atoms with Crippen LogP contribution in [0.15, 0.2) is 0 Å². The second-order valence-electron chi connectivity index (χ2n) is 5.91. The smallest absolute Gasteiger partial charge is 0.481 e. The summed E-state index contributed by atoms with van der Waals surface area (Å²) in [6.45, 7) is 2.20. The Bertz CT molecular complexity index is 363. The van der Waals surface area contributed by atoms with Gasteiger partial charge in [-0.1, -0.05) is 58.3 Å². The van der Waals surface area contributed by atoms with Gasteiger partial charge >= 0.3 is 47.5 Å². The van der Waals surface area contributed by atoms with Crippen LogP contribution in [0.1, 0.15) is 84.0 Å². The van der Waals surface area contributed by atoms with Gasteiger partial charge in [0, 0.05) is 12.8 Å². The zero-order valence-corrected chi connectivity index (χ0v) is 18.2. The topological polar surface area (TPSA) is 107 Å². The van der Waals surface area contributed by atoms with Crippen molar-refractivity contribution < 1.29 is 53.8 Å². The molecule has 0 aliphatic heterocycles. The number of esters is 2. The van der Waals surface area contributed by atoms with Crippen molar-refractivity contribution in [1.82, 2.24) is 0 Å². The van der Waals surface area contributed by atoms with E-state index in [1.807, 2.05) is 0 Å². The summed E-state index contributed by atoms with van der Waals surface area (Å²) in [7, 11) is 0. The standard InChI is InChI=1S/C17H31NO5.CH3.Na/c1-2-3-4-5-6-7-8-9-10-11-16(21)23-17(22)14(18)12-13-15(19)20;;/h14H,2-13,18H2,1H3,(H,19,20);1H3;/q;-1;+1. The number of nitrogens with two attached hydrogens (primary N) is 1. The first kappa shape index (κ1) is 29.3. The second-order valence-corrected chi connectivity index (χ2v) is 5.91. The fourth-order valence-electron chi connectivity index (χ4n) is 2.22. The molecule has 7 heteroatoms. The number of carbonyl (C=O) groups is 3. The Labute approximate surface area is 174 Å². The normalized spacial score (nSPS) is 11.0. The average Bonchev–Trinajstić information content (AvgIpc) is 2.50. The van der Waals surface area contributed by atoms with Crippen LogP contribution in [-0.2, 0) is 19.1 Å². The molecule has 0 saturated carbocycles. The number of ether oxygens (including phenoxy) is 1. The summed E-state index contributed by atoms with van der Waals surface area (Å²) < 4.78 is 4.62. The molecule has 25 heavy (non-hydrogen) atoms. The van der Waals surface area contributed by atoms with Gasteiger partial charge in [0.25, 0.3) is 0 Å². The van der Waals surface area contributed by atoms with Crippen molar-refractivity contribution in [1.29, 1.82) is 0 Å². The van der Waals surface area contributed by atoms with Crippen molar-refractivity contribution in [3.05, 3.63) is 7.43 Å². The Hall–Kier alpha value is -0.430. The van der Waals surface area contributed by atoms with E-state index >= 15 is 0 Å². The molecule has 1 unspecified atom stereocenters. The van der Waals surface area contributed by atoms with E-state index in [2.05, 4.69) is 11.7 Å². The van der Waals surface area contributed by atoms with Crippen LogP contribution in [0.5, 0.6) is 0 Å². The fraction of sp³-hybridized carbons (Fsp3) is 0.778. The van der Waals surface area contributed by atoms with Crippen LogP contribution in [0, 0.1) is 7.43 Å². The summed E-state index contributed by atoms with van der Waals surface area (Å²) in [6.07, 6.45) is 10.2. The molecule has 0 aromatic rings. The molecule has 0 aromatic carbocycles. The van der Waals surface area contributed by atoms with Gasteiger partial charge in [-0.25, -0.2) is 4.79 Å². The van der Waals surface area contributed by atoms with E-state index in [1.54, 1.807) is 0 Å². The zero-order chi connectivity index (χ0) is 17.5. The zero-order valence-electron chi connectivity index (χ0n) is 16.2. The molecule has 0 heterocycles. The van der Waals surface area contributed by atoms with Crippen molar-refractivity contribution in [2.75, 3.05) is 0 Å². The number of unbranched alkanes of at least 4 members (excludes halogenated alkanes) is 8. The number of aliphatic carboxylic acids is 1. The summed E-state index contributed by atoms with van der Waals surface area (Å²) in [4.78, 5) is 33.3. The molecule has 0 bridgehead atoms. The molecule has 6 nitrogen and oxygen atoms in total. The third kappa shape index (κ3) is 19.7. The molecule has 0 amide bonds. The molecule has 0 fully saturated rings. The van der Waals surface area contributed by atoms with Crippen LogP contribution < -0.4 is 35.3 Å². The molecule has 0 rings (SSSR count). The molecule has 1 atom stereocenters. The summed E-state index contributed by atoms with van der Waals surface area (Å²) in [5, 5.41) is 8.50. The van der Waals surface area contributed by atoms with E-state index < -0.39 is 23.9 Å². The maximum absolute atomic E-state index is 11.5. The van der Waals surface area contributed by atoms with E-state index in [9.17, 15) is 14.4 Å². The van der Waals surface area contributed by atoms with Gasteiger partial charge in [0.05, 0.1) is 0 Å². The number of carboxylic acid groups (broad SMARTS) is 1. The van der Waals surface area contributed by atoms with Crippen LogP contribution in [0.3, 0.4) is 0 Å². The van der Waals surface area contributed by atoms with Crippen molar-refractivity contribution in [2.45, 2.75) is 90.0 Å². The van der Waals surface area contributed by atoms with E-state index in [0.29, 0.717) is 6.42 Å². The molecule has 0 aliphatic rings. The minimum atomic E-state index is -1.06. The van der Waals surface area contributed by atoms with Gasteiger partial charge in [0.15, 0.2) is 0 Å². The molecule has 0 aromatic heterocycles. The second kappa shape index (κ2) is 19.9. The molecule has 142 valence electrons. The van der Waals surface area contributed by atoms with Crippen LogP contribution >= 0.6 is 0 Å². The maximum atomic E-state index is 11.5. The van der Waals surface area contributed by atoms with Crippen LogP contribution in [0.25, 0.3) is 0 Å². The van der Waals surface area contributed by atoms with Gasteiger partial charge in [-0.3, -0.25) is 9.59 Å². The summed E-state index contributed by atoms with van der Waals surface area (Å²) in [5.41, 5.74) is 5.47. The van der Waals surface area contributed by atoms with E-state index in [1.165, 1.54) is 38.5 Å². The van der Waals surface area contributed by atoms with Gasteiger partial charge in [-0.2, -0.15) is 0 Å². The number of hydrogen-bond acceptors (Lipinski definition) is 5. The predicted molar refractivity (Wildman–Crippen MR) is 94.2 cm³/mol. The first-order valence-electron chi connectivity index (χ1n) is 8.69. The molecule has 0 radical (unpaired) electrons. The minimum Gasteiger partial charge on any atom is -0.481 e. The SMILES string of the molecule is CCCCCCCCCCCC(=O)OC(=O)C(N)CCC(=O)O.[CH3-].[Na+]. The van der Waals surface area contributed by atoms with Crippen LogP contribution in [0.2, 0.25) is 0 Å². The van der Waals surface area contributed by atoms with E-state index in [4.69, 9.17) is 10.8 Å². The maximum Gasteiger partial charge on any atom is 1.00 e. The summed E-state index contributed by atoms with van der Waals surface area (Å²) in [6, 6.07) is -1.06. The first-order valence-corrected chi connectivity index (χ1v) is 8.69. The van der Waals surface area contributed by atoms with E-state index in [0.717, 1.165) is 12.8 Å². The number of rotatable bonds is 14. The minimum absolute atomic E-state index is 0. The molecule has 3 N–H and O–H groups in total. The Balaban J connectivity index is -0.00000242. The van der Waals surface area contributed by atoms with Crippen molar-refractivity contribution >= 4 is 17.9 Å². The molecule has 0 saturated heterocycles. The van der Waals surface area contributed by atoms with Crippen LogP contribution in [0.4, 0.5) is 0 Å². The van der Waals surface area contributed by atoms with Gasteiger partial charge in [0.1, 0.15) is 6.04 Å². The third-order valence-electron chi connectivity index (χ3n) is 3.67. The summed E-state index contributed by atoms with van der Waals surface area (Å²) >= 11 is 0. The van der Waals surface area contributed by atoms with Gasteiger partial charge in [0.2, 0.25) is 0 Å². The van der Waals surface area contributed by atoms with Crippen molar-refractivity contribution in [3.63, 3.8) is 0 Å². The molecule has 0 aliphatic carbocycles. The summed E-state index contributed by atoms with van der Waals surface area (Å²) in [5.74, 6) is -2.45. The Morgan fingerprint density at radius 3 is 1.88 bits per heavy atom. The average molecular weight is 367 g/mol. The third-order valence-corrected chi connectivity index (χ3v) is 3.67. The fourth-order valence-corrected chi connectivity index (χ4v) is 2.22. The molecular weight excluding hydrogens is 333 g/mol. The van der Waals surface area contributed by atoms with Gasteiger partial charge in [-0.05, 0) is 12.8 Å². The molecular formula is C18H34NNaO5. The Kier molecular flexibility index (Phi) is 23.3. The van der Waals surface area contributed by atoms with Crippen LogP contribution in [-0.4, -0.2) is 29.1 Å². The monoisotopic (exact) mass is 367 g/mol. The predicted octanol–water partition coefficient (Wildman–Crippen LogP) is 0.623. The number of hydrogen-bond donors (Lipinski definition) is 2. The Morgan fingerprint density at radius 1 is 0.920 bits per heavy atom. The van der Waals surface area contributed by atoms with Crippen molar-refractivity contribution in [3.8, 4) is 0 Å².